The van der Waals surface area contributed by atoms with E-state index in [0.29, 0.717) is 19.4 Å². The fourth-order valence-electron chi connectivity index (χ4n) is 12.8. The van der Waals surface area contributed by atoms with Crippen molar-refractivity contribution >= 4 is 11.9 Å². The van der Waals surface area contributed by atoms with Gasteiger partial charge < -0.3 is 45.1 Å². The summed E-state index contributed by atoms with van der Waals surface area (Å²) in [5.41, 5.74) is 0. The van der Waals surface area contributed by atoms with E-state index in [2.05, 4.69) is 79.9 Å². The lowest BCUT2D eigenvalue weighted by Gasteiger charge is -2.40. The number of rotatable bonds is 73. The number of unbranched alkanes of at least 4 members (excludes halogenated alkanes) is 49. The van der Waals surface area contributed by atoms with Gasteiger partial charge in [0.15, 0.2) is 6.29 Å². The Morgan fingerprint density at radius 2 is 0.708 bits per heavy atom. The van der Waals surface area contributed by atoms with Gasteiger partial charge in [-0.2, -0.15) is 0 Å². The zero-order chi connectivity index (χ0) is 69.4. The van der Waals surface area contributed by atoms with E-state index in [1.54, 1.807) is 6.08 Å². The maximum Gasteiger partial charge on any atom is 0.305 e. The third kappa shape index (κ3) is 61.0. The summed E-state index contributed by atoms with van der Waals surface area (Å²) in [6.45, 7) is 4.34. The van der Waals surface area contributed by atoms with Gasteiger partial charge in [-0.25, -0.2) is 0 Å². The van der Waals surface area contributed by atoms with Crippen LogP contribution in [0.1, 0.15) is 393 Å². The van der Waals surface area contributed by atoms with E-state index in [0.717, 1.165) is 70.6 Å². The summed E-state index contributed by atoms with van der Waals surface area (Å²) in [5.74, 6) is -0.187. The molecule has 11 heteroatoms. The number of carbonyl (C=O) groups is 2. The SMILES string of the molecule is CCCCCC/C=C\C/C=C\CCCCCCCC(=O)OCCCCCCCCCCCCCCCCC/C=C\C/C=C\CCCCCCCCCCCCCCCCCCCC(=O)NC(COC1OC(CO)C(O)C(O)C1O)C(O)/C=C/CC/C=C/CCCCCCCCC. The summed E-state index contributed by atoms with van der Waals surface area (Å²) in [5, 5.41) is 54.5. The first-order chi connectivity index (χ1) is 47.2. The van der Waals surface area contributed by atoms with Crippen LogP contribution in [0.4, 0.5) is 0 Å². The lowest BCUT2D eigenvalue weighted by molar-refractivity contribution is -0.302. The van der Waals surface area contributed by atoms with Gasteiger partial charge in [-0.15, -0.1) is 0 Å². The molecule has 96 heavy (non-hydrogen) atoms. The highest BCUT2D eigenvalue weighted by Gasteiger charge is 2.44. The standard InChI is InChI=1S/C85H155NO10/c1-3-5-7-9-11-13-15-17-18-45-49-53-57-61-65-69-73-81(90)94-74-70-66-62-58-54-50-46-43-41-39-37-35-33-31-29-27-25-23-21-19-20-22-24-26-28-30-32-34-36-38-40-42-44-48-52-56-60-64-68-72-80(89)86-77(76-95-85-84(93)83(92)82(91)79(75-87)96-85)78(88)71-67-63-59-55-51-47-16-14-12-10-8-6-4-2/h13,15,18-20,23,25,45,51,55,67,71,77-79,82-85,87-88,91-93H,3-12,14,16-17,21-22,24,26-44,46-50,52-54,56-66,68-70,72-76H2,1-2H3,(H,86,89)/b15-13-,20-19-,25-23-,45-18-,55-51+,71-67+. The van der Waals surface area contributed by atoms with Crippen LogP contribution in [0.15, 0.2) is 72.9 Å². The third-order valence-corrected chi connectivity index (χ3v) is 19.3. The zero-order valence-electron chi connectivity index (χ0n) is 62.6. The molecule has 7 unspecified atom stereocenters. The second kappa shape index (κ2) is 73.3. The topological polar surface area (TPSA) is 175 Å². The zero-order valence-corrected chi connectivity index (χ0v) is 62.6. The number of esters is 1. The number of carbonyl (C=O) groups excluding carboxylic acids is 2. The molecule has 0 radical (unpaired) electrons. The molecule has 560 valence electrons. The molecule has 1 amide bonds. The van der Waals surface area contributed by atoms with E-state index in [4.69, 9.17) is 14.2 Å². The van der Waals surface area contributed by atoms with Crippen molar-refractivity contribution < 1.29 is 49.3 Å². The van der Waals surface area contributed by atoms with Crippen LogP contribution in [-0.2, 0) is 23.8 Å². The lowest BCUT2D eigenvalue weighted by atomic mass is 9.99. The van der Waals surface area contributed by atoms with E-state index in [-0.39, 0.29) is 18.5 Å². The maximum atomic E-state index is 13.1. The smallest absolute Gasteiger partial charge is 0.305 e. The molecule has 0 saturated carbocycles. The highest BCUT2D eigenvalue weighted by Crippen LogP contribution is 2.24. The monoisotopic (exact) mass is 1350 g/mol. The number of amides is 1. The van der Waals surface area contributed by atoms with Crippen molar-refractivity contribution in [2.45, 2.75) is 436 Å². The molecule has 0 aromatic heterocycles. The first-order valence-electron chi connectivity index (χ1n) is 41.2. The van der Waals surface area contributed by atoms with Crippen LogP contribution >= 0.6 is 0 Å². The van der Waals surface area contributed by atoms with Crippen molar-refractivity contribution in [3.05, 3.63) is 72.9 Å². The Kier molecular flexibility index (Phi) is 69.6. The molecule has 0 spiro atoms. The molecule has 1 rings (SSSR count). The van der Waals surface area contributed by atoms with Gasteiger partial charge in [0.1, 0.15) is 24.4 Å². The first kappa shape index (κ1) is 91.1. The Labute approximate surface area is 591 Å². The number of nitrogens with one attached hydrogen (secondary N) is 1. The molecule has 0 aromatic rings. The summed E-state index contributed by atoms with van der Waals surface area (Å²) < 4.78 is 16.8. The summed E-state index contributed by atoms with van der Waals surface area (Å²) in [4.78, 5) is 25.2. The van der Waals surface area contributed by atoms with Crippen LogP contribution < -0.4 is 5.32 Å². The Hall–Kier alpha value is -2.90. The fraction of sp³-hybridized carbons (Fsp3) is 0.835. The first-order valence-corrected chi connectivity index (χ1v) is 41.2. The largest absolute Gasteiger partial charge is 0.466 e. The molecule has 0 aliphatic carbocycles. The van der Waals surface area contributed by atoms with Gasteiger partial charge >= 0.3 is 5.97 Å². The Morgan fingerprint density at radius 3 is 1.10 bits per heavy atom. The average Bonchev–Trinajstić information content (AvgIpc) is 0.974. The van der Waals surface area contributed by atoms with Crippen LogP contribution in [0.25, 0.3) is 0 Å². The summed E-state index contributed by atoms with van der Waals surface area (Å²) in [6.07, 6.45) is 90.9. The summed E-state index contributed by atoms with van der Waals surface area (Å²) >= 11 is 0. The molecule has 1 aliphatic rings. The van der Waals surface area contributed by atoms with Gasteiger partial charge in [0, 0.05) is 12.8 Å². The van der Waals surface area contributed by atoms with Crippen molar-refractivity contribution in [2.75, 3.05) is 19.8 Å². The molecule has 0 bridgehead atoms. The van der Waals surface area contributed by atoms with Crippen LogP contribution in [0.5, 0.6) is 0 Å². The molecule has 1 saturated heterocycles. The van der Waals surface area contributed by atoms with Crippen molar-refractivity contribution in [3.8, 4) is 0 Å². The van der Waals surface area contributed by atoms with E-state index >= 15 is 0 Å². The fourth-order valence-corrected chi connectivity index (χ4v) is 12.8. The predicted octanol–water partition coefficient (Wildman–Crippen LogP) is 22.6. The van der Waals surface area contributed by atoms with Gasteiger partial charge in [-0.05, 0) is 109 Å². The minimum absolute atomic E-state index is 0.000961. The lowest BCUT2D eigenvalue weighted by Crippen LogP contribution is -2.60. The number of aliphatic hydroxyl groups is 5. The van der Waals surface area contributed by atoms with Crippen LogP contribution in [-0.4, -0.2) is 100 Å². The van der Waals surface area contributed by atoms with Crippen LogP contribution in [0.2, 0.25) is 0 Å². The normalized spacial score (nSPS) is 17.7. The van der Waals surface area contributed by atoms with Crippen LogP contribution in [0.3, 0.4) is 0 Å². The Balaban J connectivity index is 1.90. The maximum absolute atomic E-state index is 13.1. The Bertz CT molecular complexity index is 1830. The minimum atomic E-state index is -1.58. The molecule has 6 N–H and O–H groups in total. The summed E-state index contributed by atoms with van der Waals surface area (Å²) in [7, 11) is 0. The van der Waals surface area contributed by atoms with Gasteiger partial charge in [-0.1, -0.05) is 344 Å². The third-order valence-electron chi connectivity index (χ3n) is 19.3. The minimum Gasteiger partial charge on any atom is -0.466 e. The Morgan fingerprint density at radius 1 is 0.385 bits per heavy atom. The molecule has 1 fully saturated rings. The van der Waals surface area contributed by atoms with E-state index in [9.17, 15) is 35.1 Å². The second-order valence-electron chi connectivity index (χ2n) is 28.5. The van der Waals surface area contributed by atoms with E-state index in [1.165, 1.54) is 295 Å². The number of ether oxygens (including phenoxy) is 3. The average molecular weight is 1350 g/mol. The van der Waals surface area contributed by atoms with Crippen LogP contribution in [0, 0.1) is 0 Å². The number of hydrogen-bond donors (Lipinski definition) is 6. The highest BCUT2D eigenvalue weighted by molar-refractivity contribution is 5.76. The van der Waals surface area contributed by atoms with Gasteiger partial charge in [0.25, 0.3) is 0 Å². The quantitative estimate of drug-likeness (QED) is 0.0195. The molecule has 1 aliphatic heterocycles. The van der Waals surface area contributed by atoms with Gasteiger partial charge in [-0.3, -0.25) is 9.59 Å². The number of hydrogen-bond acceptors (Lipinski definition) is 10. The molecule has 0 aromatic carbocycles. The van der Waals surface area contributed by atoms with Crippen molar-refractivity contribution in [3.63, 3.8) is 0 Å². The summed E-state index contributed by atoms with van der Waals surface area (Å²) in [6, 6.07) is -0.826. The molecular weight excluding hydrogens is 1190 g/mol. The van der Waals surface area contributed by atoms with Gasteiger partial charge in [0.05, 0.1) is 32.0 Å². The molecule has 11 nitrogen and oxygen atoms in total. The molecule has 7 atom stereocenters. The number of allylic oxidation sites excluding steroid dienone is 11. The van der Waals surface area contributed by atoms with Crippen molar-refractivity contribution in [1.29, 1.82) is 0 Å². The van der Waals surface area contributed by atoms with E-state index in [1.807, 2.05) is 6.08 Å². The van der Waals surface area contributed by atoms with E-state index < -0.39 is 49.5 Å². The van der Waals surface area contributed by atoms with Gasteiger partial charge in [0.2, 0.25) is 5.91 Å². The molecule has 1 heterocycles. The number of aliphatic hydroxyl groups excluding tert-OH is 5. The predicted molar refractivity (Wildman–Crippen MR) is 407 cm³/mol. The second-order valence-corrected chi connectivity index (χ2v) is 28.5. The van der Waals surface area contributed by atoms with Crippen molar-refractivity contribution in [1.82, 2.24) is 5.32 Å². The highest BCUT2D eigenvalue weighted by atomic mass is 16.7. The molecular formula is C85H155NO10. The van der Waals surface area contributed by atoms with Crippen molar-refractivity contribution in [2.24, 2.45) is 0 Å².